The minimum Gasteiger partial charge on any atom is -0.493 e. The van der Waals surface area contributed by atoms with Crippen molar-refractivity contribution >= 4 is 11.8 Å². The molecule has 28 heavy (non-hydrogen) atoms. The van der Waals surface area contributed by atoms with Crippen LogP contribution in [0.2, 0.25) is 0 Å². The third kappa shape index (κ3) is 4.27. The SMILES string of the molecule is COc1cc2c(cc1OC)C(=N[C@@H](Cc1ccccc1)C(=O)O)NC(C)(C)C2. The van der Waals surface area contributed by atoms with Crippen LogP contribution in [0.1, 0.15) is 30.5 Å². The van der Waals surface area contributed by atoms with E-state index in [1.54, 1.807) is 14.2 Å². The Labute approximate surface area is 165 Å². The Kier molecular flexibility index (Phi) is 5.58. The van der Waals surface area contributed by atoms with E-state index in [-0.39, 0.29) is 5.54 Å². The Bertz CT molecular complexity index is 891. The summed E-state index contributed by atoms with van der Waals surface area (Å²) in [7, 11) is 3.18. The molecule has 2 N–H and O–H groups in total. The van der Waals surface area contributed by atoms with Crippen LogP contribution in [0.4, 0.5) is 0 Å². The maximum Gasteiger partial charge on any atom is 0.328 e. The van der Waals surface area contributed by atoms with Crippen LogP contribution in [0.5, 0.6) is 11.5 Å². The lowest BCUT2D eigenvalue weighted by Crippen LogP contribution is -2.50. The van der Waals surface area contributed by atoms with Gasteiger partial charge in [-0.25, -0.2) is 4.79 Å². The van der Waals surface area contributed by atoms with Crippen LogP contribution in [0.3, 0.4) is 0 Å². The van der Waals surface area contributed by atoms with Gasteiger partial charge in [0.05, 0.1) is 14.2 Å². The number of amidine groups is 1. The van der Waals surface area contributed by atoms with Crippen LogP contribution in [-0.2, 0) is 17.6 Å². The zero-order valence-electron chi connectivity index (χ0n) is 16.7. The van der Waals surface area contributed by atoms with E-state index in [2.05, 4.69) is 24.2 Å². The number of hydrogen-bond donors (Lipinski definition) is 2. The molecule has 1 heterocycles. The average molecular weight is 382 g/mol. The fraction of sp³-hybridized carbons (Fsp3) is 0.364. The van der Waals surface area contributed by atoms with Crippen LogP contribution < -0.4 is 14.8 Å². The van der Waals surface area contributed by atoms with Gasteiger partial charge >= 0.3 is 5.97 Å². The molecule has 0 spiro atoms. The summed E-state index contributed by atoms with van der Waals surface area (Å²) in [6, 6.07) is 12.4. The normalized spacial score (nSPS) is 17.4. The van der Waals surface area contributed by atoms with Crippen molar-refractivity contribution in [2.75, 3.05) is 14.2 Å². The summed E-state index contributed by atoms with van der Waals surface area (Å²) in [6.45, 7) is 4.13. The van der Waals surface area contributed by atoms with Gasteiger partial charge < -0.3 is 19.9 Å². The zero-order valence-corrected chi connectivity index (χ0v) is 16.7. The highest BCUT2D eigenvalue weighted by Gasteiger charge is 2.31. The number of ether oxygens (including phenoxy) is 2. The molecule has 2 aromatic rings. The van der Waals surface area contributed by atoms with Crippen molar-refractivity contribution in [1.82, 2.24) is 5.32 Å². The van der Waals surface area contributed by atoms with Gasteiger partial charge in [-0.2, -0.15) is 0 Å². The summed E-state index contributed by atoms with van der Waals surface area (Å²) < 4.78 is 10.9. The molecule has 0 aromatic heterocycles. The van der Waals surface area contributed by atoms with Crippen LogP contribution in [0.15, 0.2) is 47.5 Å². The second-order valence-corrected chi connectivity index (χ2v) is 7.57. The first-order valence-corrected chi connectivity index (χ1v) is 9.21. The average Bonchev–Trinajstić information content (AvgIpc) is 2.66. The number of methoxy groups -OCH3 is 2. The molecule has 6 heteroatoms. The molecule has 0 bridgehead atoms. The van der Waals surface area contributed by atoms with Crippen molar-refractivity contribution < 1.29 is 19.4 Å². The Hall–Kier alpha value is -3.02. The largest absolute Gasteiger partial charge is 0.493 e. The Morgan fingerprint density at radius 3 is 2.43 bits per heavy atom. The number of carboxylic acid groups (broad SMARTS) is 1. The van der Waals surface area contributed by atoms with E-state index in [0.29, 0.717) is 23.8 Å². The fourth-order valence-corrected chi connectivity index (χ4v) is 3.48. The maximum atomic E-state index is 11.9. The second kappa shape index (κ2) is 7.92. The molecule has 1 aliphatic rings. The number of nitrogens with zero attached hydrogens (tertiary/aromatic N) is 1. The number of rotatable bonds is 6. The second-order valence-electron chi connectivity index (χ2n) is 7.57. The third-order valence-corrected chi connectivity index (χ3v) is 4.80. The van der Waals surface area contributed by atoms with E-state index in [1.807, 2.05) is 42.5 Å². The van der Waals surface area contributed by atoms with Gasteiger partial charge in [-0.15, -0.1) is 0 Å². The third-order valence-electron chi connectivity index (χ3n) is 4.80. The van der Waals surface area contributed by atoms with E-state index in [1.165, 1.54) is 0 Å². The summed E-state index contributed by atoms with van der Waals surface area (Å²) in [5.41, 5.74) is 2.56. The first-order chi connectivity index (χ1) is 13.3. The Morgan fingerprint density at radius 2 is 1.82 bits per heavy atom. The summed E-state index contributed by atoms with van der Waals surface area (Å²) in [6.07, 6.45) is 1.09. The van der Waals surface area contributed by atoms with Gasteiger partial charge in [-0.05, 0) is 43.5 Å². The van der Waals surface area contributed by atoms with Crippen LogP contribution >= 0.6 is 0 Å². The summed E-state index contributed by atoms with van der Waals surface area (Å²) in [4.78, 5) is 16.5. The first-order valence-electron chi connectivity index (χ1n) is 9.21. The van der Waals surface area contributed by atoms with E-state index in [9.17, 15) is 9.90 Å². The molecule has 2 aromatic carbocycles. The first kappa shape index (κ1) is 19.7. The molecule has 6 nitrogen and oxygen atoms in total. The molecule has 0 saturated heterocycles. The molecule has 0 unspecified atom stereocenters. The Morgan fingerprint density at radius 1 is 1.18 bits per heavy atom. The molecule has 148 valence electrons. The highest BCUT2D eigenvalue weighted by Crippen LogP contribution is 2.34. The van der Waals surface area contributed by atoms with E-state index < -0.39 is 12.0 Å². The highest BCUT2D eigenvalue weighted by atomic mass is 16.5. The minimum absolute atomic E-state index is 0.263. The van der Waals surface area contributed by atoms with Gasteiger partial charge in [0.1, 0.15) is 5.84 Å². The topological polar surface area (TPSA) is 80.2 Å². The molecule has 0 saturated carbocycles. The number of fused-ring (bicyclic) bond motifs is 1. The van der Waals surface area contributed by atoms with Gasteiger partial charge in [-0.1, -0.05) is 30.3 Å². The molecule has 0 radical (unpaired) electrons. The molecular formula is C22H26N2O4. The molecule has 3 rings (SSSR count). The van der Waals surface area contributed by atoms with E-state index in [4.69, 9.17) is 9.47 Å². The quantitative estimate of drug-likeness (QED) is 0.803. The van der Waals surface area contributed by atoms with Crippen molar-refractivity contribution in [3.8, 4) is 11.5 Å². The maximum absolute atomic E-state index is 11.9. The van der Waals surface area contributed by atoms with Crippen molar-refractivity contribution in [1.29, 1.82) is 0 Å². The fourth-order valence-electron chi connectivity index (χ4n) is 3.48. The predicted octanol–water partition coefficient (Wildman–Crippen LogP) is 3.07. The number of aliphatic imine (C=N–C) groups is 1. The number of benzene rings is 2. The molecule has 0 fully saturated rings. The van der Waals surface area contributed by atoms with Gasteiger partial charge in [0.15, 0.2) is 17.5 Å². The van der Waals surface area contributed by atoms with Crippen molar-refractivity contribution in [2.45, 2.75) is 38.3 Å². The number of carboxylic acids is 1. The lowest BCUT2D eigenvalue weighted by Gasteiger charge is -2.35. The highest BCUT2D eigenvalue weighted by molar-refractivity contribution is 6.03. The number of carbonyl (C=O) groups is 1. The van der Waals surface area contributed by atoms with Crippen LogP contribution in [-0.4, -0.2) is 42.7 Å². The molecule has 1 aliphatic heterocycles. The van der Waals surface area contributed by atoms with Gasteiger partial charge in [0.25, 0.3) is 0 Å². The number of hydrogen-bond acceptors (Lipinski definition) is 4. The van der Waals surface area contributed by atoms with E-state index in [0.717, 1.165) is 23.1 Å². The van der Waals surface area contributed by atoms with Gasteiger partial charge in [-0.3, -0.25) is 4.99 Å². The summed E-state index contributed by atoms with van der Waals surface area (Å²) in [5, 5.41) is 13.1. The monoisotopic (exact) mass is 382 g/mol. The standard InChI is InChI=1S/C22H26N2O4/c1-22(2)13-15-11-18(27-3)19(28-4)12-16(15)20(24-22)23-17(21(25)26)10-14-8-6-5-7-9-14/h5-9,11-12,17H,10,13H2,1-4H3,(H,23,24)(H,25,26)/t17-/m0/s1. The van der Waals surface area contributed by atoms with Crippen LogP contribution in [0, 0.1) is 0 Å². The lowest BCUT2D eigenvalue weighted by atomic mass is 9.86. The van der Waals surface area contributed by atoms with Crippen molar-refractivity contribution in [3.63, 3.8) is 0 Å². The summed E-state index contributed by atoms with van der Waals surface area (Å²) in [5.74, 6) is 0.849. The van der Waals surface area contributed by atoms with Gasteiger partial charge in [0.2, 0.25) is 0 Å². The number of aliphatic carboxylic acids is 1. The molecule has 0 amide bonds. The predicted molar refractivity (Wildman–Crippen MR) is 109 cm³/mol. The summed E-state index contributed by atoms with van der Waals surface area (Å²) >= 11 is 0. The van der Waals surface area contributed by atoms with E-state index >= 15 is 0 Å². The smallest absolute Gasteiger partial charge is 0.328 e. The molecule has 0 aliphatic carbocycles. The Balaban J connectivity index is 2.05. The van der Waals surface area contributed by atoms with Crippen LogP contribution in [0.25, 0.3) is 0 Å². The van der Waals surface area contributed by atoms with Crippen molar-refractivity contribution in [2.24, 2.45) is 4.99 Å². The number of nitrogens with one attached hydrogen (secondary N) is 1. The molecular weight excluding hydrogens is 356 g/mol. The zero-order chi connectivity index (χ0) is 20.3. The van der Waals surface area contributed by atoms with Gasteiger partial charge in [0, 0.05) is 17.5 Å². The lowest BCUT2D eigenvalue weighted by molar-refractivity contribution is -0.138. The minimum atomic E-state index is -0.955. The molecule has 1 atom stereocenters. The van der Waals surface area contributed by atoms with Crippen molar-refractivity contribution in [3.05, 3.63) is 59.2 Å².